The summed E-state index contributed by atoms with van der Waals surface area (Å²) in [7, 11) is -0.714. The van der Waals surface area contributed by atoms with Gasteiger partial charge in [0, 0.05) is 24.7 Å². The van der Waals surface area contributed by atoms with Gasteiger partial charge in [-0.3, -0.25) is 0 Å². The van der Waals surface area contributed by atoms with Crippen LogP contribution in [0.5, 0.6) is 11.5 Å². The minimum atomic E-state index is -3.70. The summed E-state index contributed by atoms with van der Waals surface area (Å²) >= 11 is 0. The van der Waals surface area contributed by atoms with E-state index in [-0.39, 0.29) is 17.4 Å². The number of aromatic nitrogens is 2. The second-order valence-electron chi connectivity index (χ2n) is 7.53. The Bertz CT molecular complexity index is 1160. The van der Waals surface area contributed by atoms with Crippen LogP contribution >= 0.6 is 0 Å². The fraction of sp³-hybridized carbons (Fsp3) is 0.364. The van der Waals surface area contributed by atoms with Crippen LogP contribution in [0.1, 0.15) is 30.2 Å². The van der Waals surface area contributed by atoms with Crippen LogP contribution in [0.4, 0.5) is 0 Å². The highest BCUT2D eigenvalue weighted by molar-refractivity contribution is 7.89. The fourth-order valence-corrected chi connectivity index (χ4v) is 5.24. The Hall–Kier alpha value is -2.91. The smallest absolute Gasteiger partial charge is 0.247 e. The zero-order valence-corrected chi connectivity index (χ0v) is 18.6. The molecule has 0 amide bonds. The third-order valence-corrected chi connectivity index (χ3v) is 7.33. The molecule has 2 aromatic carbocycles. The summed E-state index contributed by atoms with van der Waals surface area (Å²) in [4.78, 5) is 0.164. The lowest BCUT2D eigenvalue weighted by molar-refractivity contribution is 0.286. The van der Waals surface area contributed by atoms with Crippen LogP contribution in [-0.2, 0) is 10.0 Å². The molecule has 1 fully saturated rings. The highest BCUT2D eigenvalue weighted by Crippen LogP contribution is 2.34. The largest absolute Gasteiger partial charge is 0.493 e. The quantitative estimate of drug-likeness (QED) is 0.574. The number of rotatable bonds is 6. The Labute approximate surface area is 181 Å². The van der Waals surface area contributed by atoms with Gasteiger partial charge in [0.1, 0.15) is 0 Å². The van der Waals surface area contributed by atoms with Gasteiger partial charge in [-0.05, 0) is 44.0 Å². The van der Waals surface area contributed by atoms with Crippen molar-refractivity contribution in [3.05, 3.63) is 53.9 Å². The second kappa shape index (κ2) is 8.68. The van der Waals surface area contributed by atoms with Gasteiger partial charge in [0.15, 0.2) is 11.5 Å². The lowest BCUT2D eigenvalue weighted by atomic mass is 10.00. The van der Waals surface area contributed by atoms with Gasteiger partial charge >= 0.3 is 0 Å². The molecule has 4 rings (SSSR count). The Morgan fingerprint density at radius 3 is 2.48 bits per heavy atom. The normalized spacial score (nSPS) is 17.5. The molecule has 0 aliphatic carbocycles. The van der Waals surface area contributed by atoms with E-state index < -0.39 is 10.0 Å². The topological polar surface area (TPSA) is 94.8 Å². The summed E-state index contributed by atoms with van der Waals surface area (Å²) in [5.41, 5.74) is 1.99. The van der Waals surface area contributed by atoms with E-state index >= 15 is 0 Å². The predicted octanol–water partition coefficient (Wildman–Crippen LogP) is 3.63. The van der Waals surface area contributed by atoms with Crippen molar-refractivity contribution in [2.45, 2.75) is 30.6 Å². The Balaban J connectivity index is 1.55. The third-order valence-electron chi connectivity index (χ3n) is 5.47. The van der Waals surface area contributed by atoms with Crippen LogP contribution in [0.2, 0.25) is 0 Å². The maximum atomic E-state index is 13.3. The number of ether oxygens (including phenoxy) is 2. The number of hydrogen-bond acceptors (Lipinski definition) is 7. The zero-order chi connectivity index (χ0) is 22.0. The second-order valence-corrected chi connectivity index (χ2v) is 9.47. The number of benzene rings is 2. The first-order chi connectivity index (χ1) is 14.9. The monoisotopic (exact) mass is 443 g/mol. The minimum absolute atomic E-state index is 0.157. The van der Waals surface area contributed by atoms with Crippen LogP contribution in [0.25, 0.3) is 11.5 Å². The van der Waals surface area contributed by atoms with E-state index in [1.165, 1.54) is 30.7 Å². The van der Waals surface area contributed by atoms with Gasteiger partial charge in [0.05, 0.1) is 25.0 Å². The average molecular weight is 444 g/mol. The van der Waals surface area contributed by atoms with Gasteiger partial charge in [0.2, 0.25) is 21.8 Å². The van der Waals surface area contributed by atoms with Gasteiger partial charge in [-0.2, -0.15) is 4.31 Å². The van der Waals surface area contributed by atoms with Crippen molar-refractivity contribution in [3.63, 3.8) is 0 Å². The van der Waals surface area contributed by atoms with Crippen LogP contribution in [-0.4, -0.2) is 50.2 Å². The molecule has 0 unspecified atom stereocenters. The maximum absolute atomic E-state index is 13.3. The Kier molecular flexibility index (Phi) is 5.97. The van der Waals surface area contributed by atoms with Gasteiger partial charge in [-0.15, -0.1) is 10.2 Å². The predicted molar refractivity (Wildman–Crippen MR) is 115 cm³/mol. The highest BCUT2D eigenvalue weighted by Gasteiger charge is 2.33. The molecule has 2 heterocycles. The summed E-state index contributed by atoms with van der Waals surface area (Å²) in [5.74, 6) is 1.59. The summed E-state index contributed by atoms with van der Waals surface area (Å²) < 4.78 is 44.3. The Morgan fingerprint density at radius 2 is 1.77 bits per heavy atom. The SMILES string of the molecule is COc1ccc(S(=O)(=O)N2CCC[C@H](c3nnc(-c4ccc(C)cc4)o3)C2)cc1OC. The lowest BCUT2D eigenvalue weighted by Gasteiger charge is -2.30. The van der Waals surface area contributed by atoms with Crippen molar-refractivity contribution in [1.82, 2.24) is 14.5 Å². The molecule has 0 bridgehead atoms. The molecular weight excluding hydrogens is 418 g/mol. The summed E-state index contributed by atoms with van der Waals surface area (Å²) in [6.07, 6.45) is 1.49. The number of methoxy groups -OCH3 is 2. The Morgan fingerprint density at radius 1 is 1.03 bits per heavy atom. The van der Waals surface area contributed by atoms with Crippen LogP contribution in [0.3, 0.4) is 0 Å². The summed E-state index contributed by atoms with van der Waals surface area (Å²) in [6.45, 7) is 2.73. The van der Waals surface area contributed by atoms with Gasteiger partial charge < -0.3 is 13.9 Å². The lowest BCUT2D eigenvalue weighted by Crippen LogP contribution is -2.39. The van der Waals surface area contributed by atoms with Gasteiger partial charge in [0.25, 0.3) is 0 Å². The average Bonchev–Trinajstić information content (AvgIpc) is 3.29. The summed E-state index contributed by atoms with van der Waals surface area (Å²) in [5, 5.41) is 8.37. The van der Waals surface area contributed by atoms with Crippen molar-refractivity contribution in [3.8, 4) is 23.0 Å². The molecular formula is C22H25N3O5S. The molecule has 31 heavy (non-hydrogen) atoms. The van der Waals surface area contributed by atoms with Crippen LogP contribution in [0, 0.1) is 6.92 Å². The number of sulfonamides is 1. The van der Waals surface area contributed by atoms with E-state index in [9.17, 15) is 8.42 Å². The van der Waals surface area contributed by atoms with E-state index in [2.05, 4.69) is 10.2 Å². The van der Waals surface area contributed by atoms with Crippen molar-refractivity contribution >= 4 is 10.0 Å². The standard InChI is InChI=1S/C22H25N3O5S/c1-15-6-8-16(9-7-15)21-23-24-22(30-21)17-5-4-12-25(14-17)31(26,27)18-10-11-19(28-2)20(13-18)29-3/h6-11,13,17H,4-5,12,14H2,1-3H3/t17-/m0/s1. The van der Waals surface area contributed by atoms with E-state index in [1.807, 2.05) is 31.2 Å². The number of aryl methyl sites for hydroxylation is 1. The van der Waals surface area contributed by atoms with E-state index in [1.54, 1.807) is 6.07 Å². The first-order valence-corrected chi connectivity index (χ1v) is 11.5. The number of piperidine rings is 1. The van der Waals surface area contributed by atoms with E-state index in [0.29, 0.717) is 36.2 Å². The van der Waals surface area contributed by atoms with Crippen molar-refractivity contribution in [1.29, 1.82) is 0 Å². The first-order valence-electron chi connectivity index (χ1n) is 10.0. The van der Waals surface area contributed by atoms with Gasteiger partial charge in [-0.1, -0.05) is 17.7 Å². The molecule has 0 spiro atoms. The molecule has 3 aromatic rings. The molecule has 1 atom stereocenters. The molecule has 164 valence electrons. The molecule has 0 N–H and O–H groups in total. The number of nitrogens with zero attached hydrogens (tertiary/aromatic N) is 3. The van der Waals surface area contributed by atoms with E-state index in [4.69, 9.17) is 13.9 Å². The molecule has 1 aliphatic rings. The van der Waals surface area contributed by atoms with Gasteiger partial charge in [-0.25, -0.2) is 8.42 Å². The molecule has 9 heteroatoms. The first kappa shape index (κ1) is 21.3. The molecule has 0 radical (unpaired) electrons. The molecule has 0 saturated carbocycles. The minimum Gasteiger partial charge on any atom is -0.493 e. The van der Waals surface area contributed by atoms with Crippen molar-refractivity contribution in [2.75, 3.05) is 27.3 Å². The zero-order valence-electron chi connectivity index (χ0n) is 17.7. The number of hydrogen-bond donors (Lipinski definition) is 0. The van der Waals surface area contributed by atoms with Crippen molar-refractivity contribution < 1.29 is 22.3 Å². The molecule has 8 nitrogen and oxygen atoms in total. The summed E-state index contributed by atoms with van der Waals surface area (Å²) in [6, 6.07) is 12.4. The fourth-order valence-electron chi connectivity index (χ4n) is 3.70. The van der Waals surface area contributed by atoms with Crippen LogP contribution in [0.15, 0.2) is 51.8 Å². The van der Waals surface area contributed by atoms with Crippen LogP contribution < -0.4 is 9.47 Å². The van der Waals surface area contributed by atoms with Crippen molar-refractivity contribution in [2.24, 2.45) is 0 Å². The molecule has 1 saturated heterocycles. The highest BCUT2D eigenvalue weighted by atomic mass is 32.2. The molecule has 1 aromatic heterocycles. The third kappa shape index (κ3) is 4.28. The van der Waals surface area contributed by atoms with E-state index in [0.717, 1.165) is 17.5 Å². The molecule has 1 aliphatic heterocycles. The maximum Gasteiger partial charge on any atom is 0.247 e.